The summed E-state index contributed by atoms with van der Waals surface area (Å²) in [5.74, 6) is 0.552. The van der Waals surface area contributed by atoms with Crippen LogP contribution in [0.5, 0.6) is 0 Å². The summed E-state index contributed by atoms with van der Waals surface area (Å²) < 4.78 is 38.1. The number of urea groups is 1. The van der Waals surface area contributed by atoms with Crippen molar-refractivity contribution < 1.29 is 18.0 Å². The van der Waals surface area contributed by atoms with E-state index in [2.05, 4.69) is 15.2 Å². The highest BCUT2D eigenvalue weighted by atomic mass is 19.4. The SMILES string of the molecule is O=C(NC1CCN(c2ccc(C(F)(F)F)cn2)CC1)N1CCN(C2CCCC2)CC1. The lowest BCUT2D eigenvalue weighted by Crippen LogP contribution is -2.56. The van der Waals surface area contributed by atoms with Gasteiger partial charge in [0.05, 0.1) is 5.56 Å². The van der Waals surface area contributed by atoms with Gasteiger partial charge in [-0.05, 0) is 37.8 Å². The number of carbonyl (C=O) groups excluding carboxylic acids is 1. The lowest BCUT2D eigenvalue weighted by atomic mass is 10.1. The average Bonchev–Trinajstić information content (AvgIpc) is 3.29. The Balaban J connectivity index is 1.20. The Morgan fingerprint density at radius 3 is 2.20 bits per heavy atom. The summed E-state index contributed by atoms with van der Waals surface area (Å²) in [6, 6.07) is 3.30. The molecule has 2 saturated heterocycles. The molecule has 0 atom stereocenters. The number of amides is 2. The maximum absolute atomic E-state index is 12.7. The van der Waals surface area contributed by atoms with Crippen LogP contribution in [0.4, 0.5) is 23.8 Å². The smallest absolute Gasteiger partial charge is 0.356 e. The zero-order valence-corrected chi connectivity index (χ0v) is 17.2. The van der Waals surface area contributed by atoms with Crippen molar-refractivity contribution in [3.05, 3.63) is 23.9 Å². The average molecular weight is 425 g/mol. The predicted octanol–water partition coefficient (Wildman–Crippen LogP) is 3.34. The molecule has 3 aliphatic rings. The van der Waals surface area contributed by atoms with Crippen molar-refractivity contribution in [1.82, 2.24) is 20.1 Å². The van der Waals surface area contributed by atoms with E-state index in [1.54, 1.807) is 0 Å². The van der Waals surface area contributed by atoms with Gasteiger partial charge in [0.25, 0.3) is 0 Å². The van der Waals surface area contributed by atoms with E-state index in [1.165, 1.54) is 31.7 Å². The summed E-state index contributed by atoms with van der Waals surface area (Å²) in [4.78, 5) is 23.0. The molecule has 30 heavy (non-hydrogen) atoms. The molecular weight excluding hydrogens is 395 g/mol. The lowest BCUT2D eigenvalue weighted by Gasteiger charge is -2.39. The van der Waals surface area contributed by atoms with Crippen LogP contribution >= 0.6 is 0 Å². The highest BCUT2D eigenvalue weighted by Crippen LogP contribution is 2.30. The number of hydrogen-bond donors (Lipinski definition) is 1. The van der Waals surface area contributed by atoms with Crippen molar-refractivity contribution in [3.63, 3.8) is 0 Å². The Kier molecular flexibility index (Phi) is 6.36. The predicted molar refractivity (Wildman–Crippen MR) is 108 cm³/mol. The molecule has 9 heteroatoms. The van der Waals surface area contributed by atoms with Crippen molar-refractivity contribution in [1.29, 1.82) is 0 Å². The normalized spacial score (nSPS) is 22.5. The van der Waals surface area contributed by atoms with Crippen LogP contribution in [0.15, 0.2) is 18.3 Å². The lowest BCUT2D eigenvalue weighted by molar-refractivity contribution is -0.137. The molecule has 0 bridgehead atoms. The Morgan fingerprint density at radius 2 is 1.63 bits per heavy atom. The van der Waals surface area contributed by atoms with Crippen molar-refractivity contribution >= 4 is 11.8 Å². The number of alkyl halides is 3. The third kappa shape index (κ3) is 4.99. The molecule has 1 aromatic heterocycles. The summed E-state index contributed by atoms with van der Waals surface area (Å²) in [6.07, 6.45) is 3.27. The first kappa shape index (κ1) is 21.2. The number of piperazine rings is 1. The van der Waals surface area contributed by atoms with Gasteiger partial charge < -0.3 is 15.1 Å². The molecule has 1 saturated carbocycles. The van der Waals surface area contributed by atoms with E-state index in [0.29, 0.717) is 24.9 Å². The van der Waals surface area contributed by atoms with Gasteiger partial charge in [0, 0.05) is 57.5 Å². The molecule has 2 aliphatic heterocycles. The quantitative estimate of drug-likeness (QED) is 0.807. The van der Waals surface area contributed by atoms with Gasteiger partial charge in [-0.2, -0.15) is 13.2 Å². The Labute approximate surface area is 175 Å². The summed E-state index contributed by atoms with van der Waals surface area (Å²) in [6.45, 7) is 4.79. The van der Waals surface area contributed by atoms with E-state index in [9.17, 15) is 18.0 Å². The maximum atomic E-state index is 12.7. The number of pyridine rings is 1. The standard InChI is InChI=1S/C21H30F3N5O/c22-21(23,24)16-5-6-19(25-15-16)28-9-7-17(8-10-28)26-20(30)29-13-11-27(12-14-29)18-3-1-2-4-18/h5-6,15,17-18H,1-4,7-14H2,(H,26,30). The molecule has 6 nitrogen and oxygen atoms in total. The van der Waals surface area contributed by atoms with Gasteiger partial charge in [-0.15, -0.1) is 0 Å². The summed E-state index contributed by atoms with van der Waals surface area (Å²) in [5.41, 5.74) is -0.735. The number of piperidine rings is 1. The fraction of sp³-hybridized carbons (Fsp3) is 0.714. The number of hydrogen-bond acceptors (Lipinski definition) is 4. The van der Waals surface area contributed by atoms with E-state index in [1.807, 2.05) is 9.80 Å². The van der Waals surface area contributed by atoms with E-state index in [4.69, 9.17) is 0 Å². The largest absolute Gasteiger partial charge is 0.417 e. The maximum Gasteiger partial charge on any atom is 0.417 e. The first-order chi connectivity index (χ1) is 14.4. The third-order valence-electron chi connectivity index (χ3n) is 6.66. The second-order valence-electron chi connectivity index (χ2n) is 8.57. The molecule has 2 amide bonds. The molecule has 3 heterocycles. The summed E-state index contributed by atoms with van der Waals surface area (Å²) in [7, 11) is 0. The van der Waals surface area contributed by atoms with Crippen molar-refractivity contribution in [2.45, 2.75) is 56.8 Å². The highest BCUT2D eigenvalue weighted by Gasteiger charge is 2.32. The van der Waals surface area contributed by atoms with Crippen LogP contribution in [0.3, 0.4) is 0 Å². The number of nitrogens with one attached hydrogen (secondary N) is 1. The monoisotopic (exact) mass is 425 g/mol. The number of nitrogens with zero attached hydrogens (tertiary/aromatic N) is 4. The zero-order chi connectivity index (χ0) is 21.1. The van der Waals surface area contributed by atoms with Gasteiger partial charge in [-0.25, -0.2) is 9.78 Å². The second kappa shape index (κ2) is 8.99. The first-order valence-corrected chi connectivity index (χ1v) is 11.0. The summed E-state index contributed by atoms with van der Waals surface area (Å²) in [5, 5.41) is 3.15. The Bertz CT molecular complexity index is 704. The number of halogens is 3. The van der Waals surface area contributed by atoms with Crippen LogP contribution in [-0.4, -0.2) is 72.2 Å². The third-order valence-corrected chi connectivity index (χ3v) is 6.66. The van der Waals surface area contributed by atoms with E-state index >= 15 is 0 Å². The minimum Gasteiger partial charge on any atom is -0.356 e. The molecule has 166 valence electrons. The molecule has 3 fully saturated rings. The van der Waals surface area contributed by atoms with Gasteiger partial charge in [0.15, 0.2) is 0 Å². The van der Waals surface area contributed by atoms with Gasteiger partial charge in [0.2, 0.25) is 0 Å². The number of rotatable bonds is 3. The van der Waals surface area contributed by atoms with Crippen LogP contribution in [0.2, 0.25) is 0 Å². The molecule has 0 unspecified atom stereocenters. The Hall–Kier alpha value is -2.03. The van der Waals surface area contributed by atoms with Crippen molar-refractivity contribution in [3.8, 4) is 0 Å². The fourth-order valence-electron chi connectivity index (χ4n) is 4.82. The summed E-state index contributed by atoms with van der Waals surface area (Å²) >= 11 is 0. The van der Waals surface area contributed by atoms with Gasteiger partial charge in [0.1, 0.15) is 5.82 Å². The number of anilines is 1. The van der Waals surface area contributed by atoms with Gasteiger partial charge >= 0.3 is 12.2 Å². The fourth-order valence-corrected chi connectivity index (χ4v) is 4.82. The van der Waals surface area contributed by atoms with E-state index in [-0.39, 0.29) is 12.1 Å². The second-order valence-corrected chi connectivity index (χ2v) is 8.57. The van der Waals surface area contributed by atoms with E-state index < -0.39 is 11.7 Å². The van der Waals surface area contributed by atoms with Crippen molar-refractivity contribution in [2.24, 2.45) is 0 Å². The molecule has 0 aromatic carbocycles. The van der Waals surface area contributed by atoms with Crippen LogP contribution in [-0.2, 0) is 6.18 Å². The van der Waals surface area contributed by atoms with Crippen LogP contribution in [0.1, 0.15) is 44.1 Å². The molecule has 1 aromatic rings. The molecule has 1 N–H and O–H groups in total. The van der Waals surface area contributed by atoms with Gasteiger partial charge in [-0.1, -0.05) is 12.8 Å². The molecule has 0 radical (unpaired) electrons. The Morgan fingerprint density at radius 1 is 0.967 bits per heavy atom. The number of aromatic nitrogens is 1. The van der Waals surface area contributed by atoms with Crippen LogP contribution in [0.25, 0.3) is 0 Å². The minimum absolute atomic E-state index is 0.00665. The topological polar surface area (TPSA) is 51.7 Å². The van der Waals surface area contributed by atoms with Crippen LogP contribution in [0, 0.1) is 0 Å². The highest BCUT2D eigenvalue weighted by molar-refractivity contribution is 5.74. The molecule has 0 spiro atoms. The molecular formula is C21H30F3N5O. The minimum atomic E-state index is -4.37. The molecule has 4 rings (SSSR count). The van der Waals surface area contributed by atoms with E-state index in [0.717, 1.165) is 51.3 Å². The van der Waals surface area contributed by atoms with Crippen LogP contribution < -0.4 is 10.2 Å². The number of carbonyl (C=O) groups is 1. The first-order valence-electron chi connectivity index (χ1n) is 11.0. The van der Waals surface area contributed by atoms with Gasteiger partial charge in [-0.3, -0.25) is 4.90 Å². The molecule has 1 aliphatic carbocycles. The zero-order valence-electron chi connectivity index (χ0n) is 17.2. The van der Waals surface area contributed by atoms with Crippen molar-refractivity contribution in [2.75, 3.05) is 44.2 Å².